The molecule has 1 aromatic heterocycles. The van der Waals surface area contributed by atoms with Gasteiger partial charge in [0.15, 0.2) is 0 Å². The predicted molar refractivity (Wildman–Crippen MR) is 73.9 cm³/mol. The van der Waals surface area contributed by atoms with Crippen LogP contribution in [0.5, 0.6) is 0 Å². The number of anilines is 1. The summed E-state index contributed by atoms with van der Waals surface area (Å²) in [5.41, 5.74) is 9.13. The minimum Gasteiger partial charge on any atom is -0.398 e. The number of halogens is 1. The van der Waals surface area contributed by atoms with Crippen LogP contribution in [0.15, 0.2) is 23.7 Å². The second-order valence-electron chi connectivity index (χ2n) is 3.75. The standard InChI is InChI=1S/C12H12ClN3OS/c1-7-10(18-6-16-7)5-15-12(17)8-3-2-4-9(14)11(8)13/h2-4,6H,5,14H2,1H3,(H,15,17). The lowest BCUT2D eigenvalue weighted by atomic mass is 10.2. The van der Waals surface area contributed by atoms with Gasteiger partial charge in [-0.05, 0) is 19.1 Å². The lowest BCUT2D eigenvalue weighted by Crippen LogP contribution is -2.23. The first-order valence-electron chi connectivity index (χ1n) is 5.30. The van der Waals surface area contributed by atoms with Gasteiger partial charge in [-0.1, -0.05) is 17.7 Å². The Morgan fingerprint density at radius 1 is 1.56 bits per heavy atom. The number of thiazole rings is 1. The Bertz CT molecular complexity index is 582. The Morgan fingerprint density at radius 2 is 2.33 bits per heavy atom. The van der Waals surface area contributed by atoms with Crippen LogP contribution in [0.25, 0.3) is 0 Å². The van der Waals surface area contributed by atoms with E-state index in [0.717, 1.165) is 10.6 Å². The van der Waals surface area contributed by atoms with Gasteiger partial charge in [0, 0.05) is 4.88 Å². The third kappa shape index (κ3) is 2.63. The van der Waals surface area contributed by atoms with Crippen molar-refractivity contribution in [2.45, 2.75) is 13.5 Å². The molecular weight excluding hydrogens is 270 g/mol. The molecule has 0 radical (unpaired) electrons. The van der Waals surface area contributed by atoms with Crippen molar-refractivity contribution < 1.29 is 4.79 Å². The summed E-state index contributed by atoms with van der Waals surface area (Å²) in [5, 5.41) is 3.09. The normalized spacial score (nSPS) is 10.3. The molecule has 94 valence electrons. The average molecular weight is 282 g/mol. The summed E-state index contributed by atoms with van der Waals surface area (Å²) < 4.78 is 0. The maximum Gasteiger partial charge on any atom is 0.253 e. The van der Waals surface area contributed by atoms with E-state index in [9.17, 15) is 4.79 Å². The number of nitrogens with zero attached hydrogens (tertiary/aromatic N) is 1. The fraction of sp³-hybridized carbons (Fsp3) is 0.167. The number of carbonyl (C=O) groups excluding carboxylic acids is 1. The molecule has 0 saturated heterocycles. The highest BCUT2D eigenvalue weighted by molar-refractivity contribution is 7.09. The Labute approximate surface area is 114 Å². The van der Waals surface area contributed by atoms with Gasteiger partial charge in [0.2, 0.25) is 0 Å². The van der Waals surface area contributed by atoms with Crippen molar-refractivity contribution in [2.75, 3.05) is 5.73 Å². The molecule has 0 unspecified atom stereocenters. The molecule has 6 heteroatoms. The molecule has 1 aromatic carbocycles. The number of benzene rings is 1. The topological polar surface area (TPSA) is 68.0 Å². The zero-order valence-electron chi connectivity index (χ0n) is 9.74. The van der Waals surface area contributed by atoms with Crippen LogP contribution in [0.2, 0.25) is 5.02 Å². The molecule has 3 N–H and O–H groups in total. The van der Waals surface area contributed by atoms with Crippen LogP contribution in [0.4, 0.5) is 5.69 Å². The average Bonchev–Trinajstić information content (AvgIpc) is 2.75. The van der Waals surface area contributed by atoms with Crippen LogP contribution in [0.1, 0.15) is 20.9 Å². The fourth-order valence-corrected chi connectivity index (χ4v) is 2.41. The van der Waals surface area contributed by atoms with E-state index in [-0.39, 0.29) is 10.9 Å². The van der Waals surface area contributed by atoms with Gasteiger partial charge in [-0.3, -0.25) is 4.79 Å². The van der Waals surface area contributed by atoms with Crippen molar-refractivity contribution in [3.63, 3.8) is 0 Å². The summed E-state index contributed by atoms with van der Waals surface area (Å²) in [7, 11) is 0. The quantitative estimate of drug-likeness (QED) is 0.850. The molecule has 0 saturated carbocycles. The number of hydrogen-bond acceptors (Lipinski definition) is 4. The van der Waals surface area contributed by atoms with Crippen molar-refractivity contribution >= 4 is 34.5 Å². The highest BCUT2D eigenvalue weighted by Crippen LogP contribution is 2.23. The Hall–Kier alpha value is -1.59. The van der Waals surface area contributed by atoms with Crippen LogP contribution in [-0.2, 0) is 6.54 Å². The summed E-state index contributed by atoms with van der Waals surface area (Å²) >= 11 is 7.49. The van der Waals surface area contributed by atoms with Crippen molar-refractivity contribution in [3.05, 3.63) is 44.9 Å². The SMILES string of the molecule is Cc1ncsc1CNC(=O)c1cccc(N)c1Cl. The fourth-order valence-electron chi connectivity index (χ4n) is 1.48. The van der Waals surface area contributed by atoms with Crippen molar-refractivity contribution in [1.29, 1.82) is 0 Å². The lowest BCUT2D eigenvalue weighted by molar-refractivity contribution is 0.0951. The predicted octanol–water partition coefficient (Wildman–Crippen LogP) is 2.62. The highest BCUT2D eigenvalue weighted by Gasteiger charge is 2.12. The molecule has 0 spiro atoms. The Kier molecular flexibility index (Phi) is 3.84. The number of amides is 1. The number of hydrogen-bond donors (Lipinski definition) is 2. The third-order valence-electron chi connectivity index (χ3n) is 2.53. The van der Waals surface area contributed by atoms with Gasteiger partial charge in [0.1, 0.15) is 0 Å². The molecule has 0 aliphatic carbocycles. The lowest BCUT2D eigenvalue weighted by Gasteiger charge is -2.07. The first kappa shape index (κ1) is 12.9. The Morgan fingerprint density at radius 3 is 3.00 bits per heavy atom. The summed E-state index contributed by atoms with van der Waals surface area (Å²) in [6.45, 7) is 2.35. The molecule has 18 heavy (non-hydrogen) atoms. The minimum atomic E-state index is -0.236. The van der Waals surface area contributed by atoms with Crippen molar-refractivity contribution in [2.24, 2.45) is 0 Å². The van der Waals surface area contributed by atoms with Crippen molar-refractivity contribution in [1.82, 2.24) is 10.3 Å². The monoisotopic (exact) mass is 281 g/mol. The largest absolute Gasteiger partial charge is 0.398 e. The molecule has 0 bridgehead atoms. The van der Waals surface area contributed by atoms with Crippen LogP contribution < -0.4 is 11.1 Å². The molecule has 4 nitrogen and oxygen atoms in total. The van der Waals surface area contributed by atoms with E-state index in [1.54, 1.807) is 23.7 Å². The molecular formula is C12H12ClN3OS. The summed E-state index contributed by atoms with van der Waals surface area (Å²) in [5.74, 6) is -0.236. The van der Waals surface area contributed by atoms with Gasteiger partial charge in [-0.15, -0.1) is 11.3 Å². The zero-order chi connectivity index (χ0) is 13.1. The van der Waals surface area contributed by atoms with Gasteiger partial charge < -0.3 is 11.1 Å². The van der Waals surface area contributed by atoms with Crippen LogP contribution in [0, 0.1) is 6.92 Å². The second kappa shape index (κ2) is 5.37. The van der Waals surface area contributed by atoms with E-state index in [2.05, 4.69) is 10.3 Å². The maximum atomic E-state index is 12.0. The molecule has 0 aliphatic rings. The molecule has 0 atom stereocenters. The van der Waals surface area contributed by atoms with Crippen LogP contribution in [-0.4, -0.2) is 10.9 Å². The van der Waals surface area contributed by atoms with E-state index < -0.39 is 0 Å². The maximum absolute atomic E-state index is 12.0. The van der Waals surface area contributed by atoms with Crippen molar-refractivity contribution in [3.8, 4) is 0 Å². The van der Waals surface area contributed by atoms with E-state index in [1.165, 1.54) is 11.3 Å². The number of nitrogens with two attached hydrogens (primary N) is 1. The zero-order valence-corrected chi connectivity index (χ0v) is 11.3. The molecule has 0 fully saturated rings. The highest BCUT2D eigenvalue weighted by atomic mass is 35.5. The number of rotatable bonds is 3. The number of aryl methyl sites for hydroxylation is 1. The number of nitrogens with one attached hydrogen (secondary N) is 1. The molecule has 1 heterocycles. The van der Waals surface area contributed by atoms with Gasteiger partial charge in [0.05, 0.1) is 34.0 Å². The molecule has 1 amide bonds. The van der Waals surface area contributed by atoms with E-state index >= 15 is 0 Å². The van der Waals surface area contributed by atoms with E-state index in [1.807, 2.05) is 6.92 Å². The number of nitrogen functional groups attached to an aromatic ring is 1. The summed E-state index contributed by atoms with van der Waals surface area (Å²) in [6.07, 6.45) is 0. The molecule has 2 aromatic rings. The minimum absolute atomic E-state index is 0.236. The first-order valence-corrected chi connectivity index (χ1v) is 6.56. The van der Waals surface area contributed by atoms with Crippen LogP contribution in [0.3, 0.4) is 0 Å². The van der Waals surface area contributed by atoms with Gasteiger partial charge in [0.25, 0.3) is 5.91 Å². The number of aromatic nitrogens is 1. The smallest absolute Gasteiger partial charge is 0.253 e. The number of carbonyl (C=O) groups is 1. The van der Waals surface area contributed by atoms with Gasteiger partial charge in [-0.2, -0.15) is 0 Å². The van der Waals surface area contributed by atoms with Gasteiger partial charge >= 0.3 is 0 Å². The molecule has 2 rings (SSSR count). The molecule has 0 aliphatic heterocycles. The second-order valence-corrected chi connectivity index (χ2v) is 5.07. The summed E-state index contributed by atoms with van der Waals surface area (Å²) in [6, 6.07) is 5.01. The summed E-state index contributed by atoms with van der Waals surface area (Å²) in [4.78, 5) is 17.1. The van der Waals surface area contributed by atoms with E-state index in [4.69, 9.17) is 17.3 Å². The van der Waals surface area contributed by atoms with Crippen LogP contribution >= 0.6 is 22.9 Å². The van der Waals surface area contributed by atoms with Gasteiger partial charge in [-0.25, -0.2) is 4.98 Å². The first-order chi connectivity index (χ1) is 8.59. The Balaban J connectivity index is 2.09. The van der Waals surface area contributed by atoms with E-state index in [0.29, 0.717) is 17.8 Å². The third-order valence-corrected chi connectivity index (χ3v) is 3.88.